The van der Waals surface area contributed by atoms with E-state index in [1.165, 1.54) is 7.11 Å². The Hall–Kier alpha value is -2.81. The zero-order valence-electron chi connectivity index (χ0n) is 18.1. The first-order valence-corrected chi connectivity index (χ1v) is 9.81. The molecule has 0 saturated carbocycles. The van der Waals surface area contributed by atoms with Gasteiger partial charge in [-0.25, -0.2) is 14.4 Å². The number of nitrogens with one attached hydrogen (secondary N) is 2. The largest absolute Gasteiger partial charge is 0.467 e. The fourth-order valence-electron chi connectivity index (χ4n) is 2.28. The van der Waals surface area contributed by atoms with Crippen LogP contribution >= 0.6 is 0 Å². The van der Waals surface area contributed by atoms with Crippen molar-refractivity contribution in [2.24, 2.45) is 0 Å². The zero-order chi connectivity index (χ0) is 22.4. The van der Waals surface area contributed by atoms with E-state index in [1.54, 1.807) is 20.8 Å². The van der Waals surface area contributed by atoms with Gasteiger partial charge in [0, 0.05) is 26.2 Å². The molecule has 30 heavy (non-hydrogen) atoms. The van der Waals surface area contributed by atoms with Crippen LogP contribution in [0.5, 0.6) is 0 Å². The average Bonchev–Trinajstić information content (AvgIpc) is 2.69. The molecule has 0 fully saturated rings. The highest BCUT2D eigenvalue weighted by Crippen LogP contribution is 2.08. The molecule has 0 aliphatic heterocycles. The Balaban J connectivity index is 2.16. The van der Waals surface area contributed by atoms with Crippen LogP contribution in [-0.4, -0.2) is 56.7 Å². The monoisotopic (exact) mass is 424 g/mol. The molecule has 2 N–H and O–H groups in total. The smallest absolute Gasteiger partial charge is 0.408 e. The lowest BCUT2D eigenvalue weighted by atomic mass is 10.2. The van der Waals surface area contributed by atoms with Crippen molar-refractivity contribution < 1.29 is 33.3 Å². The van der Waals surface area contributed by atoms with E-state index in [-0.39, 0.29) is 19.6 Å². The van der Waals surface area contributed by atoms with E-state index in [0.29, 0.717) is 19.6 Å². The minimum atomic E-state index is -0.865. The number of carbonyl (C=O) groups excluding carboxylic acids is 3. The predicted octanol–water partition coefficient (Wildman–Crippen LogP) is 2.78. The summed E-state index contributed by atoms with van der Waals surface area (Å²) in [4.78, 5) is 35.3. The number of alkyl carbamates (subject to hydrolysis) is 2. The van der Waals surface area contributed by atoms with Gasteiger partial charge in [0.2, 0.25) is 0 Å². The van der Waals surface area contributed by atoms with Crippen molar-refractivity contribution in [1.82, 2.24) is 10.6 Å². The summed E-state index contributed by atoms with van der Waals surface area (Å²) in [5, 5.41) is 5.12. The van der Waals surface area contributed by atoms with Gasteiger partial charge < -0.3 is 29.6 Å². The number of esters is 1. The first-order chi connectivity index (χ1) is 14.2. The fraction of sp³-hybridized carbons (Fsp3) is 0.571. The molecule has 2 amide bonds. The summed E-state index contributed by atoms with van der Waals surface area (Å²) in [6, 6.07) is 8.53. The Morgan fingerprint density at radius 2 is 1.73 bits per heavy atom. The topological polar surface area (TPSA) is 112 Å². The number of rotatable bonds is 11. The molecule has 0 heterocycles. The average molecular weight is 424 g/mol. The summed E-state index contributed by atoms with van der Waals surface area (Å²) in [7, 11) is 1.25. The quantitative estimate of drug-likeness (QED) is 0.319. The van der Waals surface area contributed by atoms with Crippen LogP contribution in [0.3, 0.4) is 0 Å². The second kappa shape index (κ2) is 13.4. The fourth-order valence-corrected chi connectivity index (χ4v) is 2.28. The van der Waals surface area contributed by atoms with Crippen molar-refractivity contribution in [3.8, 4) is 0 Å². The van der Waals surface area contributed by atoms with Crippen molar-refractivity contribution in [2.45, 2.75) is 51.9 Å². The third-order valence-corrected chi connectivity index (χ3v) is 3.68. The van der Waals surface area contributed by atoms with Gasteiger partial charge in [-0.2, -0.15) is 0 Å². The number of amides is 2. The lowest BCUT2D eigenvalue weighted by molar-refractivity contribution is -0.143. The van der Waals surface area contributed by atoms with Gasteiger partial charge in [0.05, 0.1) is 7.11 Å². The number of hydrogen-bond donors (Lipinski definition) is 2. The van der Waals surface area contributed by atoms with E-state index >= 15 is 0 Å². The molecular formula is C21H32N2O7. The van der Waals surface area contributed by atoms with Crippen LogP contribution in [0.25, 0.3) is 0 Å². The Labute approximate surface area is 177 Å². The molecule has 0 aliphatic rings. The third-order valence-electron chi connectivity index (χ3n) is 3.68. The van der Waals surface area contributed by atoms with Gasteiger partial charge in [0.1, 0.15) is 18.2 Å². The van der Waals surface area contributed by atoms with E-state index in [1.807, 2.05) is 30.3 Å². The Morgan fingerprint density at radius 1 is 1.03 bits per heavy atom. The summed E-state index contributed by atoms with van der Waals surface area (Å²) in [5.41, 5.74) is 0.243. The molecule has 1 rings (SSSR count). The highest BCUT2D eigenvalue weighted by atomic mass is 16.6. The highest BCUT2D eigenvalue weighted by molar-refractivity contribution is 5.81. The van der Waals surface area contributed by atoms with E-state index in [0.717, 1.165) is 5.56 Å². The molecule has 9 nitrogen and oxygen atoms in total. The minimum Gasteiger partial charge on any atom is -0.467 e. The second-order valence-corrected chi connectivity index (χ2v) is 7.47. The van der Waals surface area contributed by atoms with Crippen molar-refractivity contribution in [3.05, 3.63) is 35.9 Å². The first kappa shape index (κ1) is 25.2. The normalized spacial score (nSPS) is 11.9. The van der Waals surface area contributed by atoms with Crippen molar-refractivity contribution in [2.75, 3.05) is 26.9 Å². The van der Waals surface area contributed by atoms with Crippen molar-refractivity contribution in [3.63, 3.8) is 0 Å². The minimum absolute atomic E-state index is 0.211. The van der Waals surface area contributed by atoms with Gasteiger partial charge in [0.15, 0.2) is 0 Å². The summed E-state index contributed by atoms with van der Waals surface area (Å²) in [6.07, 6.45) is -0.385. The standard InChI is InChI=1S/C21H32N2O7/c1-21(2,3)30-20(26)23-17(18(24)27-4)11-14-28-13-8-12-22-19(25)29-15-16-9-6-5-7-10-16/h5-7,9-10,17H,8,11-15H2,1-4H3,(H,22,25)(H,23,26). The van der Waals surface area contributed by atoms with Crippen LogP contribution in [0.4, 0.5) is 9.59 Å². The molecule has 0 saturated heterocycles. The first-order valence-electron chi connectivity index (χ1n) is 9.81. The summed E-state index contributed by atoms with van der Waals surface area (Å²) >= 11 is 0. The Bertz CT molecular complexity index is 659. The zero-order valence-corrected chi connectivity index (χ0v) is 18.1. The maximum Gasteiger partial charge on any atom is 0.408 e. The third kappa shape index (κ3) is 11.9. The van der Waals surface area contributed by atoms with Gasteiger partial charge in [-0.1, -0.05) is 30.3 Å². The van der Waals surface area contributed by atoms with Crippen LogP contribution in [0.15, 0.2) is 30.3 Å². The molecule has 1 aromatic rings. The molecule has 1 unspecified atom stereocenters. The number of benzene rings is 1. The Morgan fingerprint density at radius 3 is 2.37 bits per heavy atom. The lowest BCUT2D eigenvalue weighted by Crippen LogP contribution is -2.44. The van der Waals surface area contributed by atoms with Gasteiger partial charge >= 0.3 is 18.2 Å². The predicted molar refractivity (Wildman–Crippen MR) is 110 cm³/mol. The maximum absolute atomic E-state index is 11.8. The summed E-state index contributed by atoms with van der Waals surface area (Å²) in [5.74, 6) is -0.577. The van der Waals surface area contributed by atoms with Crippen LogP contribution in [0, 0.1) is 0 Å². The molecular weight excluding hydrogens is 392 g/mol. The summed E-state index contributed by atoms with van der Waals surface area (Å²) in [6.45, 7) is 6.40. The molecule has 168 valence electrons. The molecule has 0 spiro atoms. The molecule has 0 radical (unpaired) electrons. The van der Waals surface area contributed by atoms with E-state index < -0.39 is 29.8 Å². The highest BCUT2D eigenvalue weighted by Gasteiger charge is 2.24. The van der Waals surface area contributed by atoms with Gasteiger partial charge in [-0.15, -0.1) is 0 Å². The number of carbonyl (C=O) groups is 3. The van der Waals surface area contributed by atoms with E-state index in [4.69, 9.17) is 18.9 Å². The number of hydrogen-bond acceptors (Lipinski definition) is 7. The second-order valence-electron chi connectivity index (χ2n) is 7.47. The SMILES string of the molecule is COC(=O)C(CCOCCCNC(=O)OCc1ccccc1)NC(=O)OC(C)(C)C. The van der Waals surface area contributed by atoms with Gasteiger partial charge in [0.25, 0.3) is 0 Å². The van der Waals surface area contributed by atoms with Crippen LogP contribution in [-0.2, 0) is 30.3 Å². The Kier molecular flexibility index (Phi) is 11.3. The van der Waals surface area contributed by atoms with Gasteiger partial charge in [-0.3, -0.25) is 0 Å². The summed E-state index contributed by atoms with van der Waals surface area (Å²) < 4.78 is 20.4. The molecule has 0 aromatic heterocycles. The van der Waals surface area contributed by atoms with E-state index in [2.05, 4.69) is 10.6 Å². The maximum atomic E-state index is 11.8. The van der Waals surface area contributed by atoms with E-state index in [9.17, 15) is 14.4 Å². The van der Waals surface area contributed by atoms with Crippen LogP contribution in [0.2, 0.25) is 0 Å². The molecule has 1 aromatic carbocycles. The molecule has 0 bridgehead atoms. The van der Waals surface area contributed by atoms with Crippen molar-refractivity contribution >= 4 is 18.2 Å². The number of ether oxygens (including phenoxy) is 4. The molecule has 9 heteroatoms. The van der Waals surface area contributed by atoms with Gasteiger partial charge in [-0.05, 0) is 32.8 Å². The van der Waals surface area contributed by atoms with Crippen LogP contribution in [0.1, 0.15) is 39.2 Å². The molecule has 0 aliphatic carbocycles. The molecule has 1 atom stereocenters. The lowest BCUT2D eigenvalue weighted by Gasteiger charge is -2.22. The van der Waals surface area contributed by atoms with Crippen molar-refractivity contribution in [1.29, 1.82) is 0 Å². The van der Waals surface area contributed by atoms with Crippen LogP contribution < -0.4 is 10.6 Å². The number of methoxy groups -OCH3 is 1.